The molecule has 0 aromatic heterocycles. The molecule has 2 aromatic rings. The zero-order chi connectivity index (χ0) is 20.4. The van der Waals surface area contributed by atoms with Crippen LogP contribution < -0.4 is 5.32 Å². The van der Waals surface area contributed by atoms with E-state index in [-0.39, 0.29) is 18.4 Å². The first-order valence-electron chi connectivity index (χ1n) is 9.75. The Balaban J connectivity index is 1.72. The van der Waals surface area contributed by atoms with Crippen LogP contribution in [0.25, 0.3) is 0 Å². The van der Waals surface area contributed by atoms with E-state index in [4.69, 9.17) is 4.74 Å². The highest BCUT2D eigenvalue weighted by atomic mass is 127. The molecule has 1 N–H and O–H groups in total. The third kappa shape index (κ3) is 4.15. The number of allylic oxidation sites excluding steroid dienone is 3. The number of carbonyl (C=O) groups excluding carboxylic acids is 2. The van der Waals surface area contributed by atoms with E-state index in [1.165, 1.54) is 0 Å². The summed E-state index contributed by atoms with van der Waals surface area (Å²) in [4.78, 5) is 26.1. The van der Waals surface area contributed by atoms with Gasteiger partial charge in [0.15, 0.2) is 5.78 Å². The number of ether oxygens (including phenoxy) is 1. The van der Waals surface area contributed by atoms with E-state index in [0.717, 1.165) is 44.5 Å². The quantitative estimate of drug-likeness (QED) is 0.475. The topological polar surface area (TPSA) is 55.4 Å². The minimum Gasteiger partial charge on any atom is -0.457 e. The first kappa shape index (κ1) is 19.9. The molecule has 1 aliphatic carbocycles. The van der Waals surface area contributed by atoms with Crippen LogP contribution >= 0.6 is 22.6 Å². The molecule has 5 heteroatoms. The number of dihydropyridines is 1. The van der Waals surface area contributed by atoms with Crippen LogP contribution in [0.2, 0.25) is 0 Å². The van der Waals surface area contributed by atoms with Crippen LogP contribution in [0, 0.1) is 3.57 Å². The molecule has 0 amide bonds. The van der Waals surface area contributed by atoms with Crippen LogP contribution in [0.1, 0.15) is 43.2 Å². The van der Waals surface area contributed by atoms with Gasteiger partial charge in [0.05, 0.1) is 5.57 Å². The van der Waals surface area contributed by atoms with Crippen molar-refractivity contribution in [1.82, 2.24) is 5.32 Å². The maximum absolute atomic E-state index is 13.2. The summed E-state index contributed by atoms with van der Waals surface area (Å²) in [5.41, 5.74) is 4.84. The lowest BCUT2D eigenvalue weighted by Crippen LogP contribution is -2.34. The van der Waals surface area contributed by atoms with Gasteiger partial charge in [-0.15, -0.1) is 0 Å². The summed E-state index contributed by atoms with van der Waals surface area (Å²) < 4.78 is 6.73. The van der Waals surface area contributed by atoms with E-state index in [9.17, 15) is 9.59 Å². The summed E-state index contributed by atoms with van der Waals surface area (Å²) in [7, 11) is 0. The fraction of sp³-hybridized carbons (Fsp3) is 0.250. The number of nitrogens with one attached hydrogen (secondary N) is 1. The fourth-order valence-electron chi connectivity index (χ4n) is 4.07. The van der Waals surface area contributed by atoms with Gasteiger partial charge in [0.1, 0.15) is 6.61 Å². The Bertz CT molecular complexity index is 1020. The summed E-state index contributed by atoms with van der Waals surface area (Å²) in [5, 5.41) is 3.33. The molecule has 1 atom stereocenters. The third-order valence-electron chi connectivity index (χ3n) is 5.39. The van der Waals surface area contributed by atoms with Crippen LogP contribution in [0.5, 0.6) is 0 Å². The maximum atomic E-state index is 13.2. The van der Waals surface area contributed by atoms with Gasteiger partial charge in [-0.2, -0.15) is 0 Å². The second kappa shape index (κ2) is 8.53. The second-order valence-electron chi connectivity index (χ2n) is 7.38. The van der Waals surface area contributed by atoms with Crippen molar-refractivity contribution in [2.75, 3.05) is 0 Å². The number of ketones is 1. The zero-order valence-corrected chi connectivity index (χ0v) is 18.4. The molecule has 148 valence electrons. The highest BCUT2D eigenvalue weighted by molar-refractivity contribution is 14.1. The predicted octanol–water partition coefficient (Wildman–Crippen LogP) is 5.00. The van der Waals surface area contributed by atoms with Gasteiger partial charge in [0.2, 0.25) is 0 Å². The van der Waals surface area contributed by atoms with E-state index in [1.807, 2.05) is 61.5 Å². The van der Waals surface area contributed by atoms with Crippen molar-refractivity contribution in [3.63, 3.8) is 0 Å². The predicted molar refractivity (Wildman–Crippen MR) is 120 cm³/mol. The summed E-state index contributed by atoms with van der Waals surface area (Å²) in [6.45, 7) is 2.10. The Kier molecular flexibility index (Phi) is 5.85. The van der Waals surface area contributed by atoms with Crippen molar-refractivity contribution in [2.45, 2.75) is 38.7 Å². The van der Waals surface area contributed by atoms with Crippen molar-refractivity contribution in [3.05, 3.63) is 91.8 Å². The highest BCUT2D eigenvalue weighted by Gasteiger charge is 2.39. The normalized spacial score (nSPS) is 19.0. The maximum Gasteiger partial charge on any atom is 0.337 e. The fourth-order valence-corrected chi connectivity index (χ4v) is 4.64. The molecule has 0 saturated carbocycles. The van der Waals surface area contributed by atoms with Crippen LogP contribution in [0.3, 0.4) is 0 Å². The van der Waals surface area contributed by atoms with E-state index >= 15 is 0 Å². The first-order chi connectivity index (χ1) is 14.0. The Morgan fingerprint density at radius 1 is 1.14 bits per heavy atom. The average molecular weight is 499 g/mol. The minimum absolute atomic E-state index is 0.114. The van der Waals surface area contributed by atoms with E-state index in [0.29, 0.717) is 12.0 Å². The van der Waals surface area contributed by atoms with Gasteiger partial charge in [-0.3, -0.25) is 4.79 Å². The number of carbonyl (C=O) groups is 2. The van der Waals surface area contributed by atoms with Crippen molar-refractivity contribution < 1.29 is 14.3 Å². The molecule has 0 spiro atoms. The molecule has 0 fully saturated rings. The molecule has 0 radical (unpaired) electrons. The molecule has 4 nitrogen and oxygen atoms in total. The van der Waals surface area contributed by atoms with Crippen LogP contribution in [-0.4, -0.2) is 11.8 Å². The molecule has 29 heavy (non-hydrogen) atoms. The van der Waals surface area contributed by atoms with Crippen LogP contribution in [0.15, 0.2) is 77.1 Å². The number of esters is 1. The molecule has 1 aliphatic heterocycles. The highest BCUT2D eigenvalue weighted by Crippen LogP contribution is 2.42. The number of benzene rings is 2. The Labute approximate surface area is 184 Å². The standard InChI is InChI=1S/C24H22INO3/c1-15-21(24(28)29-14-16-7-3-2-4-8-16)22(17-9-5-10-18(25)13-17)23-19(26-15)11-6-12-20(23)27/h2-5,7-10,13,22,26H,6,11-12,14H2,1H3/t22-/m0/s1. The van der Waals surface area contributed by atoms with Gasteiger partial charge in [0, 0.05) is 32.9 Å². The largest absolute Gasteiger partial charge is 0.457 e. The number of rotatable bonds is 4. The van der Waals surface area contributed by atoms with E-state index < -0.39 is 5.92 Å². The molecular weight excluding hydrogens is 477 g/mol. The Morgan fingerprint density at radius 2 is 1.93 bits per heavy atom. The van der Waals surface area contributed by atoms with Gasteiger partial charge in [-0.05, 0) is 65.6 Å². The van der Waals surface area contributed by atoms with Crippen molar-refractivity contribution in [1.29, 1.82) is 0 Å². The molecular formula is C24H22INO3. The molecule has 0 bridgehead atoms. The Hall–Kier alpha value is -2.41. The van der Waals surface area contributed by atoms with Crippen LogP contribution in [0.4, 0.5) is 0 Å². The van der Waals surface area contributed by atoms with Gasteiger partial charge < -0.3 is 10.1 Å². The Morgan fingerprint density at radius 3 is 2.69 bits per heavy atom. The van der Waals surface area contributed by atoms with E-state index in [2.05, 4.69) is 27.9 Å². The number of halogens is 1. The summed E-state index contributed by atoms with van der Waals surface area (Å²) in [5.74, 6) is -0.659. The zero-order valence-electron chi connectivity index (χ0n) is 16.2. The minimum atomic E-state index is -0.392. The lowest BCUT2D eigenvalue weighted by Gasteiger charge is -2.34. The lowest BCUT2D eigenvalue weighted by molar-refractivity contribution is -0.140. The summed E-state index contributed by atoms with van der Waals surface area (Å²) in [6, 6.07) is 17.6. The second-order valence-corrected chi connectivity index (χ2v) is 8.63. The average Bonchev–Trinajstić information content (AvgIpc) is 2.72. The van der Waals surface area contributed by atoms with Gasteiger partial charge in [-0.1, -0.05) is 42.5 Å². The number of Topliss-reactive ketones (excluding diaryl/α,β-unsaturated/α-hetero) is 1. The SMILES string of the molecule is CC1=C(C(=O)OCc2ccccc2)[C@H](c2cccc(I)c2)C2=C(CCCC2=O)N1. The van der Waals surface area contributed by atoms with E-state index in [1.54, 1.807) is 0 Å². The van der Waals surface area contributed by atoms with Gasteiger partial charge >= 0.3 is 5.97 Å². The van der Waals surface area contributed by atoms with Crippen molar-refractivity contribution in [2.24, 2.45) is 0 Å². The third-order valence-corrected chi connectivity index (χ3v) is 6.06. The molecule has 4 rings (SSSR count). The molecule has 2 aromatic carbocycles. The molecule has 2 aliphatic rings. The number of hydrogen-bond donors (Lipinski definition) is 1. The smallest absolute Gasteiger partial charge is 0.337 e. The molecule has 1 heterocycles. The number of hydrogen-bond acceptors (Lipinski definition) is 4. The van der Waals surface area contributed by atoms with Gasteiger partial charge in [0.25, 0.3) is 0 Å². The lowest BCUT2D eigenvalue weighted by atomic mass is 9.75. The van der Waals surface area contributed by atoms with Crippen LogP contribution in [-0.2, 0) is 20.9 Å². The summed E-state index contributed by atoms with van der Waals surface area (Å²) >= 11 is 2.26. The summed E-state index contributed by atoms with van der Waals surface area (Å²) in [6.07, 6.45) is 2.18. The monoisotopic (exact) mass is 499 g/mol. The van der Waals surface area contributed by atoms with Gasteiger partial charge in [-0.25, -0.2) is 4.79 Å². The molecule has 0 saturated heterocycles. The first-order valence-corrected chi connectivity index (χ1v) is 10.8. The molecule has 0 unspecified atom stereocenters. The van der Waals surface area contributed by atoms with Crippen molar-refractivity contribution >= 4 is 34.3 Å². The van der Waals surface area contributed by atoms with Crippen molar-refractivity contribution in [3.8, 4) is 0 Å².